The van der Waals surface area contributed by atoms with Crippen molar-refractivity contribution in [1.82, 2.24) is 5.32 Å². The van der Waals surface area contributed by atoms with Gasteiger partial charge in [-0.1, -0.05) is 6.42 Å². The standard InChI is InChI=1S/C12H18N2O2/c1-8-10(5-6-16-8)12(15)14-7-9-3-2-4-11(9)13/h5-6,9,11H,2-4,7,13H2,1H3,(H,14,15). The van der Waals surface area contributed by atoms with Crippen molar-refractivity contribution in [3.63, 3.8) is 0 Å². The van der Waals surface area contributed by atoms with E-state index < -0.39 is 0 Å². The van der Waals surface area contributed by atoms with Crippen molar-refractivity contribution < 1.29 is 9.21 Å². The van der Waals surface area contributed by atoms with Gasteiger partial charge >= 0.3 is 0 Å². The van der Waals surface area contributed by atoms with Gasteiger partial charge in [0.1, 0.15) is 5.76 Å². The Labute approximate surface area is 95.2 Å². The summed E-state index contributed by atoms with van der Waals surface area (Å²) in [6.45, 7) is 2.46. The van der Waals surface area contributed by atoms with Crippen molar-refractivity contribution in [2.75, 3.05) is 6.54 Å². The molecular formula is C12H18N2O2. The molecule has 2 unspecified atom stereocenters. The number of furan rings is 1. The molecule has 16 heavy (non-hydrogen) atoms. The first-order valence-electron chi connectivity index (χ1n) is 5.76. The first-order valence-corrected chi connectivity index (χ1v) is 5.76. The van der Waals surface area contributed by atoms with Crippen LogP contribution in [0.25, 0.3) is 0 Å². The van der Waals surface area contributed by atoms with Gasteiger partial charge in [-0.25, -0.2) is 0 Å². The molecule has 0 aliphatic heterocycles. The van der Waals surface area contributed by atoms with E-state index in [1.54, 1.807) is 13.0 Å². The van der Waals surface area contributed by atoms with E-state index in [9.17, 15) is 4.79 Å². The number of hydrogen-bond donors (Lipinski definition) is 2. The molecule has 3 N–H and O–H groups in total. The maximum absolute atomic E-state index is 11.8. The number of nitrogens with one attached hydrogen (secondary N) is 1. The Balaban J connectivity index is 1.86. The molecule has 4 nitrogen and oxygen atoms in total. The molecule has 1 saturated carbocycles. The van der Waals surface area contributed by atoms with Crippen LogP contribution in [0.1, 0.15) is 35.4 Å². The van der Waals surface area contributed by atoms with Gasteiger partial charge in [0, 0.05) is 12.6 Å². The Morgan fingerprint density at radius 2 is 2.44 bits per heavy atom. The molecule has 1 amide bonds. The second kappa shape index (κ2) is 4.70. The Morgan fingerprint density at radius 1 is 1.62 bits per heavy atom. The molecular weight excluding hydrogens is 204 g/mol. The van der Waals surface area contributed by atoms with Gasteiger partial charge in [0.25, 0.3) is 5.91 Å². The maximum Gasteiger partial charge on any atom is 0.254 e. The number of nitrogens with two attached hydrogens (primary N) is 1. The lowest BCUT2D eigenvalue weighted by Gasteiger charge is -2.15. The van der Waals surface area contributed by atoms with Crippen molar-refractivity contribution in [2.24, 2.45) is 11.7 Å². The molecule has 0 saturated heterocycles. The Morgan fingerprint density at radius 3 is 3.00 bits per heavy atom. The summed E-state index contributed by atoms with van der Waals surface area (Å²) in [7, 11) is 0. The van der Waals surface area contributed by atoms with Crippen LogP contribution < -0.4 is 11.1 Å². The highest BCUT2D eigenvalue weighted by Crippen LogP contribution is 2.23. The van der Waals surface area contributed by atoms with Crippen molar-refractivity contribution in [3.05, 3.63) is 23.7 Å². The van der Waals surface area contributed by atoms with Crippen LogP contribution in [0.15, 0.2) is 16.7 Å². The molecule has 0 radical (unpaired) electrons. The van der Waals surface area contributed by atoms with Crippen LogP contribution in [0.5, 0.6) is 0 Å². The van der Waals surface area contributed by atoms with E-state index in [2.05, 4.69) is 5.32 Å². The minimum Gasteiger partial charge on any atom is -0.469 e. The normalized spacial score (nSPS) is 24.6. The third kappa shape index (κ3) is 2.27. The van der Waals surface area contributed by atoms with Crippen LogP contribution in [-0.2, 0) is 0 Å². The van der Waals surface area contributed by atoms with E-state index in [1.165, 1.54) is 12.7 Å². The van der Waals surface area contributed by atoms with Crippen LogP contribution >= 0.6 is 0 Å². The minimum atomic E-state index is -0.0645. The molecule has 1 fully saturated rings. The van der Waals surface area contributed by atoms with Crippen molar-refractivity contribution in [3.8, 4) is 0 Å². The summed E-state index contributed by atoms with van der Waals surface area (Å²) in [6.07, 6.45) is 4.90. The van der Waals surface area contributed by atoms with Gasteiger partial charge in [0.15, 0.2) is 0 Å². The zero-order valence-corrected chi connectivity index (χ0v) is 9.53. The van der Waals surface area contributed by atoms with Crippen molar-refractivity contribution in [1.29, 1.82) is 0 Å². The fraction of sp³-hybridized carbons (Fsp3) is 0.583. The summed E-state index contributed by atoms with van der Waals surface area (Å²) in [5.41, 5.74) is 6.56. The van der Waals surface area contributed by atoms with Crippen LogP contribution in [0.2, 0.25) is 0 Å². The molecule has 4 heteroatoms. The van der Waals surface area contributed by atoms with E-state index in [0.29, 0.717) is 23.8 Å². The SMILES string of the molecule is Cc1occc1C(=O)NCC1CCCC1N. The average molecular weight is 222 g/mol. The monoisotopic (exact) mass is 222 g/mol. The quantitative estimate of drug-likeness (QED) is 0.813. The fourth-order valence-electron chi connectivity index (χ4n) is 2.26. The molecule has 1 aromatic heterocycles. The van der Waals surface area contributed by atoms with Gasteiger partial charge in [-0.15, -0.1) is 0 Å². The molecule has 88 valence electrons. The van der Waals surface area contributed by atoms with Crippen molar-refractivity contribution in [2.45, 2.75) is 32.2 Å². The summed E-state index contributed by atoms with van der Waals surface area (Å²) >= 11 is 0. The Bertz CT molecular complexity index is 373. The van der Waals surface area contributed by atoms with Gasteiger partial charge in [0.05, 0.1) is 11.8 Å². The van der Waals surface area contributed by atoms with Gasteiger partial charge < -0.3 is 15.5 Å². The molecule has 1 aromatic rings. The second-order valence-corrected chi connectivity index (χ2v) is 4.46. The average Bonchev–Trinajstić information content (AvgIpc) is 2.84. The number of hydrogen-bond acceptors (Lipinski definition) is 3. The van der Waals surface area contributed by atoms with Gasteiger partial charge in [0.2, 0.25) is 0 Å². The number of aryl methyl sites for hydroxylation is 1. The lowest BCUT2D eigenvalue weighted by molar-refractivity contribution is 0.0945. The van der Waals surface area contributed by atoms with Gasteiger partial charge in [-0.05, 0) is 31.7 Å². The zero-order chi connectivity index (χ0) is 11.5. The fourth-order valence-corrected chi connectivity index (χ4v) is 2.26. The number of rotatable bonds is 3. The highest BCUT2D eigenvalue weighted by Gasteiger charge is 2.24. The molecule has 2 atom stereocenters. The zero-order valence-electron chi connectivity index (χ0n) is 9.53. The van der Waals surface area contributed by atoms with Gasteiger partial charge in [-0.3, -0.25) is 4.79 Å². The Hall–Kier alpha value is -1.29. The van der Waals surface area contributed by atoms with Crippen LogP contribution in [0.4, 0.5) is 0 Å². The van der Waals surface area contributed by atoms with Crippen LogP contribution in [0.3, 0.4) is 0 Å². The largest absolute Gasteiger partial charge is 0.469 e. The Kier molecular flexibility index (Phi) is 3.29. The summed E-state index contributed by atoms with van der Waals surface area (Å²) < 4.78 is 5.09. The van der Waals surface area contributed by atoms with E-state index in [0.717, 1.165) is 12.8 Å². The summed E-state index contributed by atoms with van der Waals surface area (Å²) in [5.74, 6) is 1.02. The number of carbonyl (C=O) groups excluding carboxylic acids is 1. The minimum absolute atomic E-state index is 0.0645. The molecule has 2 rings (SSSR count). The molecule has 1 aliphatic carbocycles. The third-order valence-corrected chi connectivity index (χ3v) is 3.35. The number of carbonyl (C=O) groups is 1. The number of amides is 1. The summed E-state index contributed by atoms with van der Waals surface area (Å²) in [5, 5.41) is 2.92. The molecule has 1 heterocycles. The smallest absolute Gasteiger partial charge is 0.254 e. The topological polar surface area (TPSA) is 68.3 Å². The summed E-state index contributed by atoms with van der Waals surface area (Å²) in [6, 6.07) is 1.94. The first-order chi connectivity index (χ1) is 7.68. The molecule has 1 aliphatic rings. The van der Waals surface area contributed by atoms with Crippen LogP contribution in [0, 0.1) is 12.8 Å². The highest BCUT2D eigenvalue weighted by atomic mass is 16.3. The van der Waals surface area contributed by atoms with E-state index in [1.807, 2.05) is 0 Å². The van der Waals surface area contributed by atoms with E-state index in [-0.39, 0.29) is 11.9 Å². The van der Waals surface area contributed by atoms with E-state index >= 15 is 0 Å². The third-order valence-electron chi connectivity index (χ3n) is 3.35. The first kappa shape index (κ1) is 11.2. The van der Waals surface area contributed by atoms with Gasteiger partial charge in [-0.2, -0.15) is 0 Å². The lowest BCUT2D eigenvalue weighted by atomic mass is 10.0. The molecule has 0 spiro atoms. The van der Waals surface area contributed by atoms with Crippen molar-refractivity contribution >= 4 is 5.91 Å². The maximum atomic E-state index is 11.8. The van der Waals surface area contributed by atoms with E-state index in [4.69, 9.17) is 10.2 Å². The summed E-state index contributed by atoms with van der Waals surface area (Å²) in [4.78, 5) is 11.8. The lowest BCUT2D eigenvalue weighted by Crippen LogP contribution is -2.36. The second-order valence-electron chi connectivity index (χ2n) is 4.46. The highest BCUT2D eigenvalue weighted by molar-refractivity contribution is 5.95. The predicted octanol–water partition coefficient (Wildman–Crippen LogP) is 1.45. The predicted molar refractivity (Wildman–Crippen MR) is 61.1 cm³/mol. The molecule has 0 aromatic carbocycles. The molecule has 0 bridgehead atoms. The van der Waals surface area contributed by atoms with Crippen LogP contribution in [-0.4, -0.2) is 18.5 Å².